The van der Waals surface area contributed by atoms with E-state index in [2.05, 4.69) is 6.58 Å². The number of nitrogens with zero attached hydrogens (tertiary/aromatic N) is 1. The van der Waals surface area contributed by atoms with Crippen LogP contribution in [0.1, 0.15) is 17.2 Å². The van der Waals surface area contributed by atoms with E-state index in [1.165, 1.54) is 0 Å². The minimum Gasteiger partial charge on any atom is -0.321 e. The molecule has 3 heteroatoms. The summed E-state index contributed by atoms with van der Waals surface area (Å²) in [6.07, 6.45) is 1.67. The maximum atomic E-state index is 8.52. The Hall–Kier alpha value is -1.30. The number of hydrogen-bond acceptors (Lipinski definition) is 2. The van der Waals surface area contributed by atoms with Crippen LogP contribution in [0.15, 0.2) is 36.9 Å². The van der Waals surface area contributed by atoms with Crippen molar-refractivity contribution in [3.63, 3.8) is 0 Å². The molecule has 0 spiro atoms. The summed E-state index contributed by atoms with van der Waals surface area (Å²) in [6.45, 7) is 3.59. The van der Waals surface area contributed by atoms with Crippen molar-refractivity contribution in [2.75, 3.05) is 0 Å². The standard InChI is InChI=1S/C10H10N2.ClH/c1-2-10(12)9-5-3-8(7-11)4-6-9;/h2-6,10H,1,12H2;1H/t10-;/m1./s1. The van der Waals surface area contributed by atoms with Gasteiger partial charge < -0.3 is 5.73 Å². The fourth-order valence-electron chi connectivity index (χ4n) is 0.916. The molecular weight excluding hydrogens is 184 g/mol. The van der Waals surface area contributed by atoms with Gasteiger partial charge in [-0.05, 0) is 17.7 Å². The third-order valence-corrected chi connectivity index (χ3v) is 1.68. The number of benzene rings is 1. The smallest absolute Gasteiger partial charge is 0.0991 e. The molecule has 0 aliphatic rings. The molecule has 2 nitrogen and oxygen atoms in total. The summed E-state index contributed by atoms with van der Waals surface area (Å²) < 4.78 is 0. The predicted molar refractivity (Wildman–Crippen MR) is 55.5 cm³/mol. The summed E-state index contributed by atoms with van der Waals surface area (Å²) in [4.78, 5) is 0. The number of rotatable bonds is 2. The van der Waals surface area contributed by atoms with Crippen LogP contribution in [-0.4, -0.2) is 0 Å². The van der Waals surface area contributed by atoms with Crippen LogP contribution in [0.5, 0.6) is 0 Å². The molecule has 0 aromatic heterocycles. The van der Waals surface area contributed by atoms with E-state index >= 15 is 0 Å². The molecule has 0 saturated carbocycles. The molecule has 13 heavy (non-hydrogen) atoms. The summed E-state index contributed by atoms with van der Waals surface area (Å²) in [5.41, 5.74) is 7.31. The lowest BCUT2D eigenvalue weighted by Crippen LogP contribution is -2.05. The third-order valence-electron chi connectivity index (χ3n) is 1.68. The van der Waals surface area contributed by atoms with Crippen LogP contribution in [0.25, 0.3) is 0 Å². The molecule has 0 aliphatic carbocycles. The molecule has 0 heterocycles. The molecule has 0 aliphatic heterocycles. The highest BCUT2D eigenvalue weighted by Crippen LogP contribution is 2.11. The van der Waals surface area contributed by atoms with Crippen molar-refractivity contribution >= 4 is 12.4 Å². The second-order valence-corrected chi connectivity index (χ2v) is 2.50. The van der Waals surface area contributed by atoms with E-state index in [1.54, 1.807) is 18.2 Å². The van der Waals surface area contributed by atoms with Crippen LogP contribution in [-0.2, 0) is 0 Å². The highest BCUT2D eigenvalue weighted by molar-refractivity contribution is 5.85. The molecule has 0 fully saturated rings. The van der Waals surface area contributed by atoms with Crippen LogP contribution in [0.2, 0.25) is 0 Å². The summed E-state index contributed by atoms with van der Waals surface area (Å²) in [5, 5.41) is 8.52. The summed E-state index contributed by atoms with van der Waals surface area (Å²) in [5.74, 6) is 0. The average Bonchev–Trinajstić information content (AvgIpc) is 2.17. The first kappa shape index (κ1) is 11.7. The topological polar surface area (TPSA) is 49.8 Å². The highest BCUT2D eigenvalue weighted by atomic mass is 35.5. The molecule has 1 aromatic carbocycles. The van der Waals surface area contributed by atoms with Crippen LogP contribution in [0.4, 0.5) is 0 Å². The molecule has 0 radical (unpaired) electrons. The van der Waals surface area contributed by atoms with E-state index in [0.717, 1.165) is 5.56 Å². The Labute approximate surface area is 84.1 Å². The van der Waals surface area contributed by atoms with Crippen LogP contribution >= 0.6 is 12.4 Å². The second-order valence-electron chi connectivity index (χ2n) is 2.50. The minimum absolute atomic E-state index is 0. The van der Waals surface area contributed by atoms with Crippen molar-refractivity contribution in [3.8, 4) is 6.07 Å². The van der Waals surface area contributed by atoms with Gasteiger partial charge in [0.25, 0.3) is 0 Å². The number of halogens is 1. The van der Waals surface area contributed by atoms with Gasteiger partial charge in [0.2, 0.25) is 0 Å². The van der Waals surface area contributed by atoms with Gasteiger partial charge in [0.15, 0.2) is 0 Å². The second kappa shape index (κ2) is 5.36. The van der Waals surface area contributed by atoms with Gasteiger partial charge in [-0.25, -0.2) is 0 Å². The summed E-state index contributed by atoms with van der Waals surface area (Å²) in [6, 6.07) is 9.08. The highest BCUT2D eigenvalue weighted by Gasteiger charge is 1.99. The Bertz CT molecular complexity index is 311. The van der Waals surface area contributed by atoms with Gasteiger partial charge in [0.1, 0.15) is 0 Å². The average molecular weight is 195 g/mol. The first-order chi connectivity index (χ1) is 5.77. The van der Waals surface area contributed by atoms with Gasteiger partial charge in [-0.2, -0.15) is 5.26 Å². The molecule has 1 atom stereocenters. The molecule has 68 valence electrons. The van der Waals surface area contributed by atoms with Gasteiger partial charge >= 0.3 is 0 Å². The molecule has 1 aromatic rings. The summed E-state index contributed by atoms with van der Waals surface area (Å²) in [7, 11) is 0. The first-order valence-corrected chi connectivity index (χ1v) is 3.66. The maximum Gasteiger partial charge on any atom is 0.0991 e. The maximum absolute atomic E-state index is 8.52. The van der Waals surface area contributed by atoms with Gasteiger partial charge in [-0.3, -0.25) is 0 Å². The monoisotopic (exact) mass is 194 g/mol. The fraction of sp³-hybridized carbons (Fsp3) is 0.100. The molecule has 0 bridgehead atoms. The lowest BCUT2D eigenvalue weighted by molar-refractivity contribution is 0.914. The lowest BCUT2D eigenvalue weighted by Gasteiger charge is -2.04. The van der Waals surface area contributed by atoms with Crippen molar-refractivity contribution in [1.82, 2.24) is 0 Å². The van der Waals surface area contributed by atoms with Gasteiger partial charge in [0, 0.05) is 6.04 Å². The molecule has 1 rings (SSSR count). The molecule has 2 N–H and O–H groups in total. The predicted octanol–water partition coefficient (Wildman–Crippen LogP) is 2.17. The van der Waals surface area contributed by atoms with E-state index < -0.39 is 0 Å². The van der Waals surface area contributed by atoms with Gasteiger partial charge in [-0.1, -0.05) is 18.2 Å². The fourth-order valence-corrected chi connectivity index (χ4v) is 0.916. The molecular formula is C10H11ClN2. The van der Waals surface area contributed by atoms with Crippen molar-refractivity contribution in [1.29, 1.82) is 5.26 Å². The van der Waals surface area contributed by atoms with E-state index in [0.29, 0.717) is 5.56 Å². The van der Waals surface area contributed by atoms with E-state index in [-0.39, 0.29) is 18.4 Å². The quantitative estimate of drug-likeness (QED) is 0.734. The summed E-state index contributed by atoms with van der Waals surface area (Å²) >= 11 is 0. The molecule has 0 unspecified atom stereocenters. The molecule has 0 amide bonds. The third kappa shape index (κ3) is 2.90. The number of hydrogen-bond donors (Lipinski definition) is 1. The minimum atomic E-state index is -0.141. The van der Waals surface area contributed by atoms with E-state index in [4.69, 9.17) is 11.0 Å². The zero-order chi connectivity index (χ0) is 8.97. The van der Waals surface area contributed by atoms with Gasteiger partial charge in [-0.15, -0.1) is 19.0 Å². The van der Waals surface area contributed by atoms with Crippen LogP contribution in [0.3, 0.4) is 0 Å². The Morgan fingerprint density at radius 3 is 2.31 bits per heavy atom. The first-order valence-electron chi connectivity index (χ1n) is 3.66. The molecule has 0 saturated heterocycles. The largest absolute Gasteiger partial charge is 0.321 e. The van der Waals surface area contributed by atoms with E-state index in [1.807, 2.05) is 18.2 Å². The lowest BCUT2D eigenvalue weighted by atomic mass is 10.1. The van der Waals surface area contributed by atoms with Gasteiger partial charge in [0.05, 0.1) is 11.6 Å². The zero-order valence-electron chi connectivity index (χ0n) is 7.10. The van der Waals surface area contributed by atoms with Crippen molar-refractivity contribution in [2.24, 2.45) is 5.73 Å². The Balaban J connectivity index is 0.00000144. The van der Waals surface area contributed by atoms with Crippen molar-refractivity contribution in [3.05, 3.63) is 48.0 Å². The van der Waals surface area contributed by atoms with E-state index in [9.17, 15) is 0 Å². The SMILES string of the molecule is C=C[C@@H](N)c1ccc(C#N)cc1.Cl. The normalized spacial score (nSPS) is 10.8. The van der Waals surface area contributed by atoms with Crippen LogP contribution in [0, 0.1) is 11.3 Å². The number of nitrogens with two attached hydrogens (primary N) is 1. The van der Waals surface area contributed by atoms with Crippen molar-refractivity contribution in [2.45, 2.75) is 6.04 Å². The Morgan fingerprint density at radius 2 is 1.92 bits per heavy atom. The van der Waals surface area contributed by atoms with Crippen LogP contribution < -0.4 is 5.73 Å². The Morgan fingerprint density at radius 1 is 1.38 bits per heavy atom. The number of nitriles is 1. The van der Waals surface area contributed by atoms with Crippen molar-refractivity contribution < 1.29 is 0 Å². The Kier molecular flexibility index (Phi) is 4.83. The zero-order valence-corrected chi connectivity index (χ0v) is 7.92.